The third-order valence-corrected chi connectivity index (χ3v) is 18.2. The maximum absolute atomic E-state index is 12.1. The van der Waals surface area contributed by atoms with Gasteiger partial charge in [-0.25, -0.2) is 52.7 Å². The number of rotatable bonds is 10. The summed E-state index contributed by atoms with van der Waals surface area (Å²) in [5, 5.41) is 11.6. The van der Waals surface area contributed by atoms with Gasteiger partial charge in [-0.15, -0.1) is 0 Å². The third-order valence-electron chi connectivity index (χ3n) is 18.2. The monoisotopic (exact) mass is 1930 g/mol. The van der Waals surface area contributed by atoms with Crippen molar-refractivity contribution in [3.05, 3.63) is 12.3 Å². The first-order chi connectivity index (χ1) is 49.4. The molecular formula is C79H139I3N7O23-. The molecule has 10 fully saturated rings. The number of piperidine rings is 5. The molecular weight excluding hydrogens is 1800 g/mol. The number of carboxylic acids is 1. The predicted molar refractivity (Wildman–Crippen MR) is 437 cm³/mol. The van der Waals surface area contributed by atoms with Crippen LogP contribution in [0.25, 0.3) is 0 Å². The number of fused-ring (bicyclic) bond motifs is 5. The molecule has 0 radical (unpaired) electrons. The molecule has 0 spiro atoms. The summed E-state index contributed by atoms with van der Waals surface area (Å²) in [5.74, 6) is -0.143. The Morgan fingerprint density at radius 3 is 0.786 bits per heavy atom. The zero-order valence-corrected chi connectivity index (χ0v) is 73.2. The van der Waals surface area contributed by atoms with Crippen molar-refractivity contribution >= 4 is 110 Å². The van der Waals surface area contributed by atoms with Crippen molar-refractivity contribution in [1.82, 2.24) is 34.7 Å². The number of nitrogens with zero attached hydrogens (tertiary/aromatic N) is 6. The number of carbonyl (C=O) groups is 12. The average molecular weight is 1940 g/mol. The molecule has 30 nitrogen and oxygen atoms in total. The van der Waals surface area contributed by atoms with Gasteiger partial charge in [0.1, 0.15) is 69.9 Å². The van der Waals surface area contributed by atoms with Gasteiger partial charge < -0.3 is 57.8 Å². The number of likely N-dealkylation sites (tertiary alicyclic amines) is 5. The summed E-state index contributed by atoms with van der Waals surface area (Å²) in [7, 11) is 1.60. The molecule has 112 heavy (non-hydrogen) atoms. The second kappa shape index (κ2) is 44.1. The maximum atomic E-state index is 12.1. The first-order valence-corrected chi connectivity index (χ1v) is 49.7. The van der Waals surface area contributed by atoms with Crippen molar-refractivity contribution in [2.24, 2.45) is 29.6 Å². The number of aliphatic carboxylic acids is 1. The fourth-order valence-electron chi connectivity index (χ4n) is 13.6. The standard InChI is InChI=1S/3C13H21NO4.C12H20N2O3.C12H19NO4.C11H17NO4.5CH4.I3/c3*1-5-17-11(15)10-7-8-6-9(8)14(10)12(16)18-13(2,3)4;1-12(2,3)17-11(16)14-8-5-7(8)6-9(14)10(15)13-4;1-5-16-10(14)9-7-6-8-13(9)11(15)17-12(2,3)4;1-11(2,3)16-10(15)12-7-4-6(7)5-8(12)9(13)14;;;;;;1-3-2/h3*8-10H,5-7H2,1-4H3;7-9H,5-6H2,1-4H3,(H,13,15);6,8-9H,5,7H2,1-4H3;6-8H,4-5H2,1-3H3,(H,13,14);5*1H4;/q;;;;;;;;;;;-1/t2*8-,9-,10?;;;;6-,7-,8?;;;;;;/m00...0....../s1. The summed E-state index contributed by atoms with van der Waals surface area (Å²) in [6.07, 6.45) is 9.55. The topological polar surface area (TPSA) is 349 Å². The molecule has 11 rings (SSSR count). The van der Waals surface area contributed by atoms with Gasteiger partial charge in [0, 0.05) is 43.5 Å². The molecule has 5 saturated heterocycles. The van der Waals surface area contributed by atoms with Gasteiger partial charge in [-0.3, -0.25) is 34.2 Å². The Hall–Kier alpha value is -5.63. The van der Waals surface area contributed by atoms with Gasteiger partial charge in [-0.2, -0.15) is 0 Å². The van der Waals surface area contributed by atoms with Crippen LogP contribution in [0, 0.1) is 29.6 Å². The van der Waals surface area contributed by atoms with E-state index in [0.717, 1.165) is 38.5 Å². The van der Waals surface area contributed by atoms with Gasteiger partial charge >= 0.3 is 117 Å². The molecule has 0 aromatic rings. The summed E-state index contributed by atoms with van der Waals surface area (Å²) in [5.41, 5.74) is -3.28. The Morgan fingerprint density at radius 1 is 0.357 bits per heavy atom. The van der Waals surface area contributed by atoms with Crippen LogP contribution >= 0.6 is 37.2 Å². The van der Waals surface area contributed by atoms with E-state index >= 15 is 0 Å². The fraction of sp³-hybridized carbons (Fsp3) is 0.823. The van der Waals surface area contributed by atoms with E-state index < -0.39 is 106 Å². The number of hydrogen-bond acceptors (Lipinski definition) is 22. The number of carbonyl (C=O) groups excluding carboxylic acids is 11. The number of nitrogens with one attached hydrogen (secondary N) is 1. The van der Waals surface area contributed by atoms with Crippen molar-refractivity contribution in [3.63, 3.8) is 0 Å². The molecule has 16 atom stereocenters. The van der Waals surface area contributed by atoms with E-state index in [2.05, 4.69) is 42.5 Å². The first-order valence-electron chi connectivity index (χ1n) is 37.1. The Bertz CT molecular complexity index is 3030. The number of halogens is 3. The number of carboxylic acid groups (broad SMARTS) is 1. The molecule has 0 bridgehead atoms. The van der Waals surface area contributed by atoms with E-state index in [1.807, 2.05) is 83.1 Å². The van der Waals surface area contributed by atoms with Gasteiger partial charge in [0.25, 0.3) is 0 Å². The van der Waals surface area contributed by atoms with E-state index in [9.17, 15) is 57.5 Å². The molecule has 0 aromatic carbocycles. The van der Waals surface area contributed by atoms with E-state index in [-0.39, 0.29) is 103 Å². The van der Waals surface area contributed by atoms with Crippen LogP contribution in [0.5, 0.6) is 0 Å². The minimum atomic E-state index is -0.932. The van der Waals surface area contributed by atoms with Crippen LogP contribution in [0.4, 0.5) is 28.8 Å². The molecule has 7 amide bonds. The minimum absolute atomic E-state index is 0. The fourth-order valence-corrected chi connectivity index (χ4v) is 13.6. The Morgan fingerprint density at radius 2 is 0.562 bits per heavy atom. The van der Waals surface area contributed by atoms with Crippen molar-refractivity contribution in [2.45, 2.75) is 360 Å². The van der Waals surface area contributed by atoms with Gasteiger partial charge in [0.2, 0.25) is 5.91 Å². The molecule has 6 heterocycles. The van der Waals surface area contributed by atoms with Crippen LogP contribution in [0.15, 0.2) is 12.3 Å². The number of likely N-dealkylation sites (N-methyl/N-ethyl adjacent to an activating group) is 1. The molecule has 5 saturated carbocycles. The SMILES string of the molecule is C.C.C.C.C.CC(C)(C)OC(=O)N1C(C(=O)O)C[C@@H]2C[C@@H]21.CCOC(=O)C1CC2CC2N1C(=O)OC(C)(C)C.CCOC(=O)C1CC=CN1C(=O)OC(C)(C)C.CCOC(=O)C1C[C@@H]2C[C@@H]2N1C(=O)OC(C)(C)C.CCOC(=O)C1C[C@@H]2C[C@@H]2N1C(=O)OC(C)(C)C.CNC(=O)C1CC2CC2N1C(=O)OC(C)(C)C.I[I-]I. The van der Waals surface area contributed by atoms with Crippen molar-refractivity contribution in [1.29, 1.82) is 0 Å². The van der Waals surface area contributed by atoms with Crippen LogP contribution in [0.2, 0.25) is 0 Å². The molecule has 10 unspecified atom stereocenters. The first kappa shape index (κ1) is 106. The van der Waals surface area contributed by atoms with Gasteiger partial charge in [0.05, 0.1) is 26.4 Å². The average Bonchev–Trinajstić information content (AvgIpc) is 1.62. The second-order valence-corrected chi connectivity index (χ2v) is 50.3. The van der Waals surface area contributed by atoms with Crippen LogP contribution in [0.1, 0.15) is 260 Å². The predicted octanol–water partition coefficient (Wildman–Crippen LogP) is 12.5. The van der Waals surface area contributed by atoms with Crippen LogP contribution in [0.3, 0.4) is 0 Å². The van der Waals surface area contributed by atoms with Gasteiger partial charge in [-0.05, 0) is 253 Å². The molecule has 11 aliphatic rings. The van der Waals surface area contributed by atoms with E-state index in [4.69, 9.17) is 52.5 Å². The molecule has 5 aliphatic carbocycles. The van der Waals surface area contributed by atoms with E-state index in [1.54, 1.807) is 108 Å². The van der Waals surface area contributed by atoms with Gasteiger partial charge in [-0.1, -0.05) is 43.2 Å². The number of ether oxygens (including phenoxy) is 10. The summed E-state index contributed by atoms with van der Waals surface area (Å²) < 4.78 is 51.8. The van der Waals surface area contributed by atoms with E-state index in [0.29, 0.717) is 101 Å². The van der Waals surface area contributed by atoms with Crippen LogP contribution < -0.4 is 18.6 Å². The number of amides is 7. The Labute approximate surface area is 697 Å². The third kappa shape index (κ3) is 32.1. The normalized spacial score (nSPS) is 26.8. The number of hydrogen-bond donors (Lipinski definition) is 2. The zero-order chi connectivity index (χ0) is 81.1. The molecule has 2 N–H and O–H groups in total. The molecule has 650 valence electrons. The quantitative estimate of drug-likeness (QED) is 0.117. The Kier molecular flexibility index (Phi) is 41.9. The van der Waals surface area contributed by atoms with E-state index in [1.165, 1.54) is 9.80 Å². The Balaban J connectivity index is 0.00000130. The molecule has 6 aliphatic heterocycles. The summed E-state index contributed by atoms with van der Waals surface area (Å²) >= 11 is 5.30. The van der Waals surface area contributed by atoms with Crippen molar-refractivity contribution in [2.75, 3.05) is 33.5 Å². The van der Waals surface area contributed by atoms with Gasteiger partial charge in [0.15, 0.2) is 0 Å². The van der Waals surface area contributed by atoms with Crippen LogP contribution in [-0.2, 0) is 76.1 Å². The molecule has 33 heteroatoms. The summed E-state index contributed by atoms with van der Waals surface area (Å²) in [4.78, 5) is 151. The van der Waals surface area contributed by atoms with Crippen molar-refractivity contribution in [3.8, 4) is 0 Å². The summed E-state index contributed by atoms with van der Waals surface area (Å²) in [6, 6.07) is -2.17. The number of esters is 4. The second-order valence-electron chi connectivity index (χ2n) is 34.0. The molecule has 0 aromatic heterocycles. The van der Waals surface area contributed by atoms with Crippen LogP contribution in [-0.4, -0.2) is 240 Å². The summed E-state index contributed by atoms with van der Waals surface area (Å²) in [6.45, 7) is 41.0. The zero-order valence-electron chi connectivity index (χ0n) is 66.7. The van der Waals surface area contributed by atoms with Crippen molar-refractivity contribution < 1.29 is 123 Å².